The van der Waals surface area contributed by atoms with Gasteiger partial charge in [-0.25, -0.2) is 9.78 Å². The van der Waals surface area contributed by atoms with Crippen molar-refractivity contribution in [2.24, 2.45) is 17.8 Å². The van der Waals surface area contributed by atoms with Crippen molar-refractivity contribution in [3.8, 4) is 0 Å². The van der Waals surface area contributed by atoms with Gasteiger partial charge in [-0.1, -0.05) is 0 Å². The normalized spacial score (nSPS) is 33.9. The maximum absolute atomic E-state index is 12.2. The van der Waals surface area contributed by atoms with E-state index in [1.807, 2.05) is 17.1 Å². The van der Waals surface area contributed by atoms with Crippen molar-refractivity contribution < 1.29 is 4.79 Å². The van der Waals surface area contributed by atoms with Crippen molar-refractivity contribution in [1.82, 2.24) is 19.8 Å². The van der Waals surface area contributed by atoms with Crippen LogP contribution in [-0.4, -0.2) is 39.6 Å². The Hall–Kier alpha value is -1.52. The number of imidazole rings is 1. The molecule has 3 aliphatic rings. The highest BCUT2D eigenvalue weighted by Gasteiger charge is 2.57. The van der Waals surface area contributed by atoms with Gasteiger partial charge < -0.3 is 14.8 Å². The van der Waals surface area contributed by atoms with Crippen LogP contribution in [0, 0.1) is 17.8 Å². The maximum Gasteiger partial charge on any atom is 0.317 e. The molecular weight excluding hydrogens is 252 g/mol. The van der Waals surface area contributed by atoms with E-state index in [-0.39, 0.29) is 6.03 Å². The number of carbonyl (C=O) groups is 1. The molecule has 1 aromatic heterocycles. The summed E-state index contributed by atoms with van der Waals surface area (Å²) in [7, 11) is 0. The Kier molecular flexibility index (Phi) is 2.93. The lowest BCUT2D eigenvalue weighted by Crippen LogP contribution is -2.63. The molecule has 2 saturated carbocycles. The fourth-order valence-electron chi connectivity index (χ4n) is 4.53. The number of aryl methyl sites for hydroxylation is 1. The average molecular weight is 274 g/mol. The van der Waals surface area contributed by atoms with Crippen LogP contribution in [-0.2, 0) is 6.54 Å². The number of fused-ring (bicyclic) bond motifs is 5. The molecule has 2 aliphatic carbocycles. The van der Waals surface area contributed by atoms with Crippen LogP contribution < -0.4 is 5.32 Å². The van der Waals surface area contributed by atoms with Gasteiger partial charge in [-0.2, -0.15) is 0 Å². The number of rotatable bonds is 4. The number of urea groups is 1. The number of hydrogen-bond acceptors (Lipinski definition) is 2. The van der Waals surface area contributed by atoms with Crippen LogP contribution in [0.1, 0.15) is 25.7 Å². The zero-order chi connectivity index (χ0) is 13.5. The van der Waals surface area contributed by atoms with Gasteiger partial charge in [0.2, 0.25) is 0 Å². The number of amides is 2. The van der Waals surface area contributed by atoms with Gasteiger partial charge in [0, 0.05) is 44.0 Å². The highest BCUT2D eigenvalue weighted by atomic mass is 16.2. The van der Waals surface area contributed by atoms with E-state index in [9.17, 15) is 4.79 Å². The predicted octanol–water partition coefficient (Wildman–Crippen LogP) is 1.71. The second kappa shape index (κ2) is 4.79. The highest BCUT2D eigenvalue weighted by Crippen LogP contribution is 2.55. The summed E-state index contributed by atoms with van der Waals surface area (Å²) in [5, 5.41) is 3.07. The lowest BCUT2D eigenvalue weighted by Gasteiger charge is -2.50. The Morgan fingerprint density at radius 1 is 1.35 bits per heavy atom. The van der Waals surface area contributed by atoms with Crippen LogP contribution in [0.25, 0.3) is 0 Å². The van der Waals surface area contributed by atoms with Crippen LogP contribution in [0.3, 0.4) is 0 Å². The first-order valence-electron chi connectivity index (χ1n) is 7.83. The Labute approximate surface area is 119 Å². The molecule has 0 spiro atoms. The summed E-state index contributed by atoms with van der Waals surface area (Å²) in [5.74, 6) is 2.55. The van der Waals surface area contributed by atoms with E-state index in [1.165, 1.54) is 19.3 Å². The van der Waals surface area contributed by atoms with Crippen molar-refractivity contribution in [3.63, 3.8) is 0 Å². The van der Waals surface area contributed by atoms with Gasteiger partial charge in [-0.15, -0.1) is 0 Å². The first-order valence-corrected chi connectivity index (χ1v) is 7.83. The molecule has 4 atom stereocenters. The molecule has 3 fully saturated rings. The van der Waals surface area contributed by atoms with Crippen LogP contribution >= 0.6 is 0 Å². The molecule has 2 amide bonds. The summed E-state index contributed by atoms with van der Waals surface area (Å²) < 4.78 is 2.04. The Morgan fingerprint density at radius 3 is 3.05 bits per heavy atom. The molecule has 1 aliphatic heterocycles. The minimum absolute atomic E-state index is 0.157. The van der Waals surface area contributed by atoms with E-state index >= 15 is 0 Å². The van der Waals surface area contributed by atoms with Crippen LogP contribution in [0.15, 0.2) is 18.7 Å². The minimum atomic E-state index is 0.157. The fraction of sp³-hybridized carbons (Fsp3) is 0.733. The first kappa shape index (κ1) is 12.2. The SMILES string of the molecule is O=C(NCCCn1ccnc1)N1C[C@@H]2[C@H]3CC[C@@H](C3)[C@@H]21. The van der Waals surface area contributed by atoms with E-state index < -0.39 is 0 Å². The topological polar surface area (TPSA) is 50.2 Å². The molecule has 1 N–H and O–H groups in total. The van der Waals surface area contributed by atoms with Gasteiger partial charge in [0.25, 0.3) is 0 Å². The second-order valence-electron chi connectivity index (χ2n) is 6.53. The van der Waals surface area contributed by atoms with Crippen molar-refractivity contribution >= 4 is 6.03 Å². The van der Waals surface area contributed by atoms with Crippen molar-refractivity contribution in [2.45, 2.75) is 38.3 Å². The van der Waals surface area contributed by atoms with E-state index in [0.717, 1.165) is 43.8 Å². The van der Waals surface area contributed by atoms with E-state index in [4.69, 9.17) is 0 Å². The lowest BCUT2D eigenvalue weighted by atomic mass is 9.77. The minimum Gasteiger partial charge on any atom is -0.338 e. The molecule has 2 heterocycles. The molecule has 5 nitrogen and oxygen atoms in total. The molecule has 1 saturated heterocycles. The van der Waals surface area contributed by atoms with Gasteiger partial charge in [0.1, 0.15) is 0 Å². The van der Waals surface area contributed by atoms with E-state index in [0.29, 0.717) is 6.04 Å². The Balaban J connectivity index is 1.22. The van der Waals surface area contributed by atoms with Gasteiger partial charge in [-0.3, -0.25) is 0 Å². The number of aromatic nitrogens is 2. The van der Waals surface area contributed by atoms with Crippen LogP contribution in [0.4, 0.5) is 4.79 Å². The Morgan fingerprint density at radius 2 is 2.25 bits per heavy atom. The number of nitrogens with zero attached hydrogens (tertiary/aromatic N) is 3. The quantitative estimate of drug-likeness (QED) is 0.850. The van der Waals surface area contributed by atoms with Crippen molar-refractivity contribution in [1.29, 1.82) is 0 Å². The van der Waals surface area contributed by atoms with Crippen LogP contribution in [0.5, 0.6) is 0 Å². The molecule has 5 heteroatoms. The molecular formula is C15H22N4O. The molecule has 20 heavy (non-hydrogen) atoms. The summed E-state index contributed by atoms with van der Waals surface area (Å²) in [6, 6.07) is 0.729. The van der Waals surface area contributed by atoms with Gasteiger partial charge in [0.05, 0.1) is 6.33 Å². The van der Waals surface area contributed by atoms with Gasteiger partial charge >= 0.3 is 6.03 Å². The molecule has 0 radical (unpaired) electrons. The summed E-state index contributed by atoms with van der Waals surface area (Å²) in [6.07, 6.45) is 10.6. The van der Waals surface area contributed by atoms with Gasteiger partial charge in [0.15, 0.2) is 0 Å². The molecule has 0 unspecified atom stereocenters. The number of nitrogens with one attached hydrogen (secondary N) is 1. The standard InChI is InChI=1S/C15H22N4O/c20-15(17-4-1-6-18-7-5-16-10-18)19-9-13-11-2-3-12(8-11)14(13)19/h5,7,10-14H,1-4,6,8-9H2,(H,17,20)/t11-,12-,13+,14-/m0/s1. The molecule has 0 aromatic carbocycles. The zero-order valence-corrected chi connectivity index (χ0v) is 11.7. The molecule has 1 aromatic rings. The maximum atomic E-state index is 12.2. The monoisotopic (exact) mass is 274 g/mol. The Bertz CT molecular complexity index is 484. The third-order valence-electron chi connectivity index (χ3n) is 5.50. The summed E-state index contributed by atoms with van der Waals surface area (Å²) >= 11 is 0. The van der Waals surface area contributed by atoms with E-state index in [2.05, 4.69) is 15.2 Å². The third-order valence-corrected chi connectivity index (χ3v) is 5.50. The third kappa shape index (κ3) is 1.91. The highest BCUT2D eigenvalue weighted by molar-refractivity contribution is 5.75. The summed E-state index contributed by atoms with van der Waals surface area (Å²) in [6.45, 7) is 2.66. The smallest absolute Gasteiger partial charge is 0.317 e. The molecule has 4 rings (SSSR count). The number of carbonyl (C=O) groups excluding carboxylic acids is 1. The number of likely N-dealkylation sites (tertiary alicyclic amines) is 1. The van der Waals surface area contributed by atoms with Crippen molar-refractivity contribution in [2.75, 3.05) is 13.1 Å². The predicted molar refractivity (Wildman–Crippen MR) is 75.1 cm³/mol. The van der Waals surface area contributed by atoms with E-state index in [1.54, 1.807) is 6.20 Å². The second-order valence-corrected chi connectivity index (χ2v) is 6.53. The number of hydrogen-bond donors (Lipinski definition) is 1. The van der Waals surface area contributed by atoms with Crippen molar-refractivity contribution in [3.05, 3.63) is 18.7 Å². The fourth-order valence-corrected chi connectivity index (χ4v) is 4.53. The summed E-state index contributed by atoms with van der Waals surface area (Å²) in [4.78, 5) is 18.3. The molecule has 2 bridgehead atoms. The van der Waals surface area contributed by atoms with Crippen LogP contribution in [0.2, 0.25) is 0 Å². The van der Waals surface area contributed by atoms with Gasteiger partial charge in [-0.05, 0) is 37.5 Å². The first-order chi connectivity index (χ1) is 9.83. The zero-order valence-electron chi connectivity index (χ0n) is 11.7. The summed E-state index contributed by atoms with van der Waals surface area (Å²) in [5.41, 5.74) is 0. The largest absolute Gasteiger partial charge is 0.338 e. The lowest BCUT2D eigenvalue weighted by molar-refractivity contribution is 0.0123. The average Bonchev–Trinajstić information content (AvgIpc) is 3.09. The molecule has 108 valence electrons.